The molecule has 4 nitrogen and oxygen atoms in total. The summed E-state index contributed by atoms with van der Waals surface area (Å²) in [5, 5.41) is 4.01. The summed E-state index contributed by atoms with van der Waals surface area (Å²) in [5.41, 5.74) is 1.61. The standard InChI is InChI=1S/C16H13N3O/c20-16(18-13-7-12-17-18)19(14-8-3-1-4-9-14)15-10-5-2-6-11-15/h1-13H. The largest absolute Gasteiger partial charge is 0.353 e. The second-order valence-electron chi connectivity index (χ2n) is 4.24. The Kier molecular flexibility index (Phi) is 3.29. The molecule has 2 aromatic carbocycles. The molecule has 0 N–H and O–H groups in total. The summed E-state index contributed by atoms with van der Waals surface area (Å²) in [6.45, 7) is 0. The third kappa shape index (κ3) is 2.31. The zero-order valence-electron chi connectivity index (χ0n) is 10.8. The van der Waals surface area contributed by atoms with Crippen LogP contribution in [-0.2, 0) is 0 Å². The molecular weight excluding hydrogens is 250 g/mol. The molecule has 4 heteroatoms. The van der Waals surface area contributed by atoms with E-state index in [0.29, 0.717) is 0 Å². The Morgan fingerprint density at radius 3 is 1.85 bits per heavy atom. The van der Waals surface area contributed by atoms with Gasteiger partial charge in [-0.1, -0.05) is 36.4 Å². The first-order valence-corrected chi connectivity index (χ1v) is 6.30. The van der Waals surface area contributed by atoms with Crippen LogP contribution in [0.3, 0.4) is 0 Å². The fourth-order valence-electron chi connectivity index (χ4n) is 2.01. The summed E-state index contributed by atoms with van der Waals surface area (Å²) in [7, 11) is 0. The Balaban J connectivity index is 2.07. The molecule has 3 aromatic rings. The number of carbonyl (C=O) groups is 1. The van der Waals surface area contributed by atoms with Crippen LogP contribution < -0.4 is 4.90 Å². The molecule has 1 aromatic heterocycles. The number of rotatable bonds is 2. The van der Waals surface area contributed by atoms with Crippen molar-refractivity contribution in [1.29, 1.82) is 0 Å². The summed E-state index contributed by atoms with van der Waals surface area (Å²) >= 11 is 0. The number of nitrogens with zero attached hydrogens (tertiary/aromatic N) is 3. The number of anilines is 2. The number of hydrogen-bond acceptors (Lipinski definition) is 2. The van der Waals surface area contributed by atoms with E-state index < -0.39 is 0 Å². The van der Waals surface area contributed by atoms with Crippen LogP contribution in [0.2, 0.25) is 0 Å². The highest BCUT2D eigenvalue weighted by Crippen LogP contribution is 2.25. The fourth-order valence-corrected chi connectivity index (χ4v) is 2.01. The Morgan fingerprint density at radius 1 is 0.850 bits per heavy atom. The van der Waals surface area contributed by atoms with Crippen LogP contribution in [0.5, 0.6) is 0 Å². The van der Waals surface area contributed by atoms with Crippen LogP contribution >= 0.6 is 0 Å². The van der Waals surface area contributed by atoms with Crippen molar-refractivity contribution in [1.82, 2.24) is 9.78 Å². The first-order valence-electron chi connectivity index (χ1n) is 6.30. The van der Waals surface area contributed by atoms with Crippen LogP contribution in [0.25, 0.3) is 0 Å². The van der Waals surface area contributed by atoms with E-state index in [-0.39, 0.29) is 6.03 Å². The smallest absolute Gasteiger partial charge is 0.261 e. The number of hydrogen-bond donors (Lipinski definition) is 0. The third-order valence-electron chi connectivity index (χ3n) is 2.92. The van der Waals surface area contributed by atoms with Gasteiger partial charge < -0.3 is 0 Å². The molecule has 0 atom stereocenters. The molecule has 0 bridgehead atoms. The molecule has 0 aliphatic heterocycles. The van der Waals surface area contributed by atoms with Crippen LogP contribution in [0.4, 0.5) is 16.2 Å². The quantitative estimate of drug-likeness (QED) is 0.707. The Morgan fingerprint density at radius 2 is 1.40 bits per heavy atom. The van der Waals surface area contributed by atoms with Crippen LogP contribution in [-0.4, -0.2) is 15.8 Å². The van der Waals surface area contributed by atoms with E-state index >= 15 is 0 Å². The van der Waals surface area contributed by atoms with Gasteiger partial charge in [-0.05, 0) is 30.3 Å². The van der Waals surface area contributed by atoms with Gasteiger partial charge >= 0.3 is 6.03 Å². The average Bonchev–Trinajstić information content (AvgIpc) is 3.04. The zero-order valence-corrected chi connectivity index (χ0v) is 10.8. The highest BCUT2D eigenvalue weighted by Gasteiger charge is 2.19. The van der Waals surface area contributed by atoms with E-state index in [1.165, 1.54) is 4.68 Å². The molecule has 0 saturated carbocycles. The molecule has 1 heterocycles. The van der Waals surface area contributed by atoms with Gasteiger partial charge in [0.25, 0.3) is 0 Å². The van der Waals surface area contributed by atoms with Crippen molar-refractivity contribution in [2.45, 2.75) is 0 Å². The van der Waals surface area contributed by atoms with E-state index in [9.17, 15) is 4.79 Å². The van der Waals surface area contributed by atoms with Gasteiger partial charge in [0.1, 0.15) is 0 Å². The van der Waals surface area contributed by atoms with Crippen LogP contribution in [0.1, 0.15) is 0 Å². The lowest BCUT2D eigenvalue weighted by Gasteiger charge is -2.22. The number of para-hydroxylation sites is 2. The highest BCUT2D eigenvalue weighted by atomic mass is 16.2. The van der Waals surface area contributed by atoms with E-state index in [1.807, 2.05) is 60.7 Å². The monoisotopic (exact) mass is 263 g/mol. The van der Waals surface area contributed by atoms with Gasteiger partial charge in [-0.25, -0.2) is 4.79 Å². The van der Waals surface area contributed by atoms with Gasteiger partial charge in [0, 0.05) is 12.4 Å². The molecule has 0 saturated heterocycles. The molecule has 0 aliphatic carbocycles. The lowest BCUT2D eigenvalue weighted by atomic mass is 10.2. The number of benzene rings is 2. The SMILES string of the molecule is O=C(N(c1ccccc1)c1ccccc1)n1cccn1. The lowest BCUT2D eigenvalue weighted by molar-refractivity contribution is 0.247. The minimum absolute atomic E-state index is 0.215. The average molecular weight is 263 g/mol. The number of carbonyl (C=O) groups excluding carboxylic acids is 1. The summed E-state index contributed by atoms with van der Waals surface area (Å²) < 4.78 is 1.32. The Labute approximate surface area is 116 Å². The highest BCUT2D eigenvalue weighted by molar-refractivity contribution is 6.00. The summed E-state index contributed by atoms with van der Waals surface area (Å²) in [4.78, 5) is 14.3. The first-order chi connectivity index (χ1) is 9.86. The molecular formula is C16H13N3O. The predicted molar refractivity (Wildman–Crippen MR) is 78.0 cm³/mol. The lowest BCUT2D eigenvalue weighted by Crippen LogP contribution is -2.30. The van der Waals surface area contributed by atoms with Gasteiger partial charge in [0.05, 0.1) is 11.4 Å². The van der Waals surface area contributed by atoms with Crippen LogP contribution in [0, 0.1) is 0 Å². The van der Waals surface area contributed by atoms with E-state index in [0.717, 1.165) is 11.4 Å². The van der Waals surface area contributed by atoms with Crippen molar-refractivity contribution in [3.8, 4) is 0 Å². The minimum atomic E-state index is -0.215. The summed E-state index contributed by atoms with van der Waals surface area (Å²) in [6.07, 6.45) is 3.23. The maximum Gasteiger partial charge on any atom is 0.353 e. The molecule has 3 rings (SSSR count). The predicted octanol–water partition coefficient (Wildman–Crippen LogP) is 3.69. The molecule has 0 fully saturated rings. The van der Waals surface area contributed by atoms with Crippen molar-refractivity contribution < 1.29 is 4.79 Å². The molecule has 98 valence electrons. The molecule has 20 heavy (non-hydrogen) atoms. The Bertz CT molecular complexity index is 639. The van der Waals surface area contributed by atoms with Crippen molar-refractivity contribution in [2.75, 3.05) is 4.90 Å². The zero-order chi connectivity index (χ0) is 13.8. The third-order valence-corrected chi connectivity index (χ3v) is 2.92. The van der Waals surface area contributed by atoms with Gasteiger partial charge in [-0.2, -0.15) is 9.78 Å². The van der Waals surface area contributed by atoms with Gasteiger partial charge in [-0.3, -0.25) is 4.90 Å². The Hall–Kier alpha value is -2.88. The normalized spacial score (nSPS) is 10.2. The van der Waals surface area contributed by atoms with Crippen molar-refractivity contribution >= 4 is 17.4 Å². The van der Waals surface area contributed by atoms with Gasteiger partial charge in [0.2, 0.25) is 0 Å². The van der Waals surface area contributed by atoms with Crippen LogP contribution in [0.15, 0.2) is 79.1 Å². The van der Waals surface area contributed by atoms with E-state index in [1.54, 1.807) is 23.4 Å². The summed E-state index contributed by atoms with van der Waals surface area (Å²) in [5.74, 6) is 0. The number of aromatic nitrogens is 2. The van der Waals surface area contributed by atoms with E-state index in [2.05, 4.69) is 5.10 Å². The summed E-state index contributed by atoms with van der Waals surface area (Å²) in [6, 6.07) is 20.6. The maximum absolute atomic E-state index is 12.6. The van der Waals surface area contributed by atoms with E-state index in [4.69, 9.17) is 0 Å². The molecule has 0 radical (unpaired) electrons. The minimum Gasteiger partial charge on any atom is -0.261 e. The van der Waals surface area contributed by atoms with Crippen molar-refractivity contribution in [3.05, 3.63) is 79.1 Å². The van der Waals surface area contributed by atoms with Crippen molar-refractivity contribution in [2.24, 2.45) is 0 Å². The fraction of sp³-hybridized carbons (Fsp3) is 0. The molecule has 1 amide bonds. The second kappa shape index (κ2) is 5.40. The molecule has 0 spiro atoms. The maximum atomic E-state index is 12.6. The molecule has 0 aliphatic rings. The van der Waals surface area contributed by atoms with Gasteiger partial charge in [0.15, 0.2) is 0 Å². The number of amides is 1. The second-order valence-corrected chi connectivity index (χ2v) is 4.24. The first kappa shape index (κ1) is 12.2. The van der Waals surface area contributed by atoms with Gasteiger partial charge in [-0.15, -0.1) is 0 Å². The topological polar surface area (TPSA) is 38.1 Å². The molecule has 0 unspecified atom stereocenters. The van der Waals surface area contributed by atoms with Crippen molar-refractivity contribution in [3.63, 3.8) is 0 Å².